The summed E-state index contributed by atoms with van der Waals surface area (Å²) in [6.45, 7) is 0. The third-order valence-electron chi connectivity index (χ3n) is 3.57. The number of amides is 2. The van der Waals surface area contributed by atoms with Crippen molar-refractivity contribution in [3.63, 3.8) is 0 Å². The Morgan fingerprint density at radius 2 is 2.16 bits per heavy atom. The van der Waals surface area contributed by atoms with E-state index in [4.69, 9.17) is 12.2 Å². The third-order valence-corrected chi connectivity index (χ3v) is 3.57. The molecule has 0 unspecified atom stereocenters. The number of anilines is 1. The molecule has 6 heteroatoms. The van der Waals surface area contributed by atoms with Gasteiger partial charge in [0.15, 0.2) is 5.82 Å². The third kappa shape index (κ3) is 2.08. The molecule has 19 heavy (non-hydrogen) atoms. The van der Waals surface area contributed by atoms with E-state index in [1.54, 1.807) is 24.0 Å². The number of aryl methyl sites for hydroxylation is 1. The van der Waals surface area contributed by atoms with E-state index in [1.165, 1.54) is 4.90 Å². The second kappa shape index (κ2) is 4.76. The summed E-state index contributed by atoms with van der Waals surface area (Å²) in [6, 6.07) is 1.65. The molecule has 2 amide bonds. The van der Waals surface area contributed by atoms with E-state index >= 15 is 0 Å². The van der Waals surface area contributed by atoms with E-state index in [2.05, 4.69) is 11.0 Å². The van der Waals surface area contributed by atoms with Crippen LogP contribution in [0.15, 0.2) is 12.3 Å². The highest BCUT2D eigenvalue weighted by Crippen LogP contribution is 2.37. The maximum Gasteiger partial charge on any atom is 0.304 e. The molecule has 1 saturated carbocycles. The van der Waals surface area contributed by atoms with Crippen molar-refractivity contribution in [2.45, 2.75) is 31.2 Å². The molecule has 1 aromatic rings. The standard InChI is InChI=1S/C13H16N4O2/c1-3-11(18)17(10-6-9-16(2)15-10)13(12(14)19)7-4-5-8-13/h1,6,9H,4-5,7-8H2,2H3,(H2,14,19). The Labute approximate surface area is 111 Å². The van der Waals surface area contributed by atoms with Crippen LogP contribution in [-0.2, 0) is 16.6 Å². The van der Waals surface area contributed by atoms with Gasteiger partial charge < -0.3 is 5.73 Å². The molecule has 0 spiro atoms. The summed E-state index contributed by atoms with van der Waals surface area (Å²) in [5.41, 5.74) is 4.49. The molecule has 1 aromatic heterocycles. The first-order chi connectivity index (χ1) is 9.01. The summed E-state index contributed by atoms with van der Waals surface area (Å²) in [5.74, 6) is 1.31. The highest BCUT2D eigenvalue weighted by molar-refractivity contribution is 6.10. The molecule has 0 atom stereocenters. The lowest BCUT2D eigenvalue weighted by Gasteiger charge is -2.35. The number of aromatic nitrogens is 2. The van der Waals surface area contributed by atoms with E-state index in [-0.39, 0.29) is 0 Å². The van der Waals surface area contributed by atoms with Gasteiger partial charge in [-0.25, -0.2) is 0 Å². The lowest BCUT2D eigenvalue weighted by Crippen LogP contribution is -2.58. The molecule has 1 aliphatic rings. The number of carbonyl (C=O) groups excluding carboxylic acids is 2. The number of nitrogens with two attached hydrogens (primary N) is 1. The average Bonchev–Trinajstić information content (AvgIpc) is 3.00. The minimum Gasteiger partial charge on any atom is -0.368 e. The molecule has 0 aromatic carbocycles. The van der Waals surface area contributed by atoms with Gasteiger partial charge in [-0.2, -0.15) is 5.10 Å². The molecule has 1 fully saturated rings. The first kappa shape index (κ1) is 13.1. The van der Waals surface area contributed by atoms with E-state index in [9.17, 15) is 9.59 Å². The van der Waals surface area contributed by atoms with Gasteiger partial charge in [-0.1, -0.05) is 12.8 Å². The number of carbonyl (C=O) groups is 2. The Kier molecular flexibility index (Phi) is 3.30. The molecule has 1 heterocycles. The molecule has 6 nitrogen and oxygen atoms in total. The zero-order valence-corrected chi connectivity index (χ0v) is 10.8. The predicted octanol–water partition coefficient (Wildman–Crippen LogP) is 0.184. The van der Waals surface area contributed by atoms with Crippen molar-refractivity contribution in [2.75, 3.05) is 4.90 Å². The quantitative estimate of drug-likeness (QED) is 0.787. The highest BCUT2D eigenvalue weighted by atomic mass is 16.2. The first-order valence-corrected chi connectivity index (χ1v) is 6.11. The maximum absolute atomic E-state index is 12.1. The number of rotatable bonds is 3. The van der Waals surface area contributed by atoms with E-state index < -0.39 is 17.4 Å². The Morgan fingerprint density at radius 1 is 1.53 bits per heavy atom. The van der Waals surface area contributed by atoms with Crippen molar-refractivity contribution in [1.29, 1.82) is 0 Å². The van der Waals surface area contributed by atoms with Gasteiger partial charge in [0.05, 0.1) is 0 Å². The molecule has 2 rings (SSSR count). The van der Waals surface area contributed by atoms with E-state index in [0.29, 0.717) is 18.7 Å². The molecule has 100 valence electrons. The number of primary amides is 1. The van der Waals surface area contributed by atoms with E-state index in [0.717, 1.165) is 12.8 Å². The smallest absolute Gasteiger partial charge is 0.304 e. The van der Waals surface area contributed by atoms with Gasteiger partial charge in [0.25, 0.3) is 0 Å². The van der Waals surface area contributed by atoms with Crippen molar-refractivity contribution in [2.24, 2.45) is 12.8 Å². The summed E-state index contributed by atoms with van der Waals surface area (Å²) >= 11 is 0. The fourth-order valence-corrected chi connectivity index (χ4v) is 2.64. The first-order valence-electron chi connectivity index (χ1n) is 6.11. The molecule has 0 radical (unpaired) electrons. The average molecular weight is 260 g/mol. The zero-order valence-electron chi connectivity index (χ0n) is 10.8. The van der Waals surface area contributed by atoms with Crippen molar-refractivity contribution in [3.8, 4) is 12.3 Å². The largest absolute Gasteiger partial charge is 0.368 e. The van der Waals surface area contributed by atoms with Crippen LogP contribution in [0, 0.1) is 12.3 Å². The van der Waals surface area contributed by atoms with Crippen LogP contribution < -0.4 is 10.6 Å². The number of hydrogen-bond donors (Lipinski definition) is 1. The Morgan fingerprint density at radius 3 is 2.58 bits per heavy atom. The molecule has 0 bridgehead atoms. The van der Waals surface area contributed by atoms with Crippen LogP contribution in [-0.4, -0.2) is 27.1 Å². The van der Waals surface area contributed by atoms with Gasteiger partial charge in [-0.15, -0.1) is 6.42 Å². The van der Waals surface area contributed by atoms with Gasteiger partial charge in [-0.05, 0) is 18.8 Å². The van der Waals surface area contributed by atoms with Crippen LogP contribution in [0.25, 0.3) is 0 Å². The van der Waals surface area contributed by atoms with Gasteiger partial charge in [-0.3, -0.25) is 19.2 Å². The molecule has 0 aliphatic heterocycles. The normalized spacial score (nSPS) is 16.8. The second-order valence-corrected chi connectivity index (χ2v) is 4.74. The number of hydrogen-bond acceptors (Lipinski definition) is 3. The van der Waals surface area contributed by atoms with Gasteiger partial charge >= 0.3 is 5.91 Å². The lowest BCUT2D eigenvalue weighted by atomic mass is 9.93. The SMILES string of the molecule is C#CC(=O)N(c1ccn(C)n1)C1(C(N)=O)CCCC1. The molecular weight excluding hydrogens is 244 g/mol. The lowest BCUT2D eigenvalue weighted by molar-refractivity contribution is -0.126. The zero-order chi connectivity index (χ0) is 14.0. The monoisotopic (exact) mass is 260 g/mol. The summed E-state index contributed by atoms with van der Waals surface area (Å²) in [4.78, 5) is 25.2. The Hall–Kier alpha value is -2.29. The van der Waals surface area contributed by atoms with Crippen molar-refractivity contribution in [3.05, 3.63) is 12.3 Å². The van der Waals surface area contributed by atoms with Crippen molar-refractivity contribution in [1.82, 2.24) is 9.78 Å². The Balaban J connectivity index is 2.51. The van der Waals surface area contributed by atoms with Gasteiger partial charge in [0, 0.05) is 19.3 Å². The van der Waals surface area contributed by atoms with E-state index in [1.807, 2.05) is 0 Å². The molecular formula is C13H16N4O2. The predicted molar refractivity (Wildman–Crippen MR) is 69.9 cm³/mol. The van der Waals surface area contributed by atoms with Crippen LogP contribution in [0.2, 0.25) is 0 Å². The van der Waals surface area contributed by atoms with Crippen LogP contribution in [0.1, 0.15) is 25.7 Å². The fourth-order valence-electron chi connectivity index (χ4n) is 2.64. The molecule has 1 aliphatic carbocycles. The highest BCUT2D eigenvalue weighted by Gasteiger charge is 2.48. The minimum absolute atomic E-state index is 0.367. The van der Waals surface area contributed by atoms with Gasteiger partial charge in [0.2, 0.25) is 5.91 Å². The van der Waals surface area contributed by atoms with Crippen LogP contribution in [0.3, 0.4) is 0 Å². The summed E-state index contributed by atoms with van der Waals surface area (Å²) in [7, 11) is 1.73. The Bertz CT molecular complexity index is 549. The van der Waals surface area contributed by atoms with Crippen LogP contribution in [0.5, 0.6) is 0 Å². The fraction of sp³-hybridized carbons (Fsp3) is 0.462. The number of nitrogens with zero attached hydrogens (tertiary/aromatic N) is 3. The molecule has 0 saturated heterocycles. The topological polar surface area (TPSA) is 81.2 Å². The van der Waals surface area contributed by atoms with Gasteiger partial charge in [0.1, 0.15) is 5.54 Å². The maximum atomic E-state index is 12.1. The van der Waals surface area contributed by atoms with Crippen molar-refractivity contribution >= 4 is 17.6 Å². The molecule has 2 N–H and O–H groups in total. The number of terminal acetylenes is 1. The minimum atomic E-state index is -1.04. The second-order valence-electron chi connectivity index (χ2n) is 4.74. The summed E-state index contributed by atoms with van der Waals surface area (Å²) in [5, 5.41) is 4.17. The van der Waals surface area contributed by atoms with Crippen molar-refractivity contribution < 1.29 is 9.59 Å². The summed E-state index contributed by atoms with van der Waals surface area (Å²) in [6.07, 6.45) is 9.62. The summed E-state index contributed by atoms with van der Waals surface area (Å²) < 4.78 is 1.55. The van der Waals surface area contributed by atoms with Crippen LogP contribution >= 0.6 is 0 Å². The van der Waals surface area contributed by atoms with Crippen LogP contribution in [0.4, 0.5) is 5.82 Å².